The van der Waals surface area contributed by atoms with Gasteiger partial charge in [0.1, 0.15) is 11.5 Å². The van der Waals surface area contributed by atoms with Crippen molar-refractivity contribution in [3.8, 4) is 11.5 Å². The maximum Gasteiger partial charge on any atom is 0.265 e. The number of benzene rings is 2. The summed E-state index contributed by atoms with van der Waals surface area (Å²) in [5, 5.41) is 2.83. The van der Waals surface area contributed by atoms with Gasteiger partial charge in [-0.2, -0.15) is 0 Å². The van der Waals surface area contributed by atoms with E-state index in [2.05, 4.69) is 37.2 Å². The second-order valence-corrected chi connectivity index (χ2v) is 6.52. The van der Waals surface area contributed by atoms with Crippen molar-refractivity contribution < 1.29 is 14.3 Å². The number of hydrogen-bond acceptors (Lipinski definition) is 3. The zero-order valence-electron chi connectivity index (χ0n) is 12.8. The summed E-state index contributed by atoms with van der Waals surface area (Å²) in [6.45, 7) is 4.13. The van der Waals surface area contributed by atoms with E-state index in [4.69, 9.17) is 9.47 Å². The van der Waals surface area contributed by atoms with E-state index in [0.29, 0.717) is 23.8 Å². The highest BCUT2D eigenvalue weighted by Gasteiger charge is 2.17. The van der Waals surface area contributed by atoms with Crippen LogP contribution in [0.25, 0.3) is 0 Å². The average Bonchev–Trinajstić information content (AvgIpc) is 2.52. The Balaban J connectivity index is 2.05. The molecule has 0 spiro atoms. The number of nitrogens with one attached hydrogen (secondary N) is 1. The highest BCUT2D eigenvalue weighted by atomic mass is 79.9. The van der Waals surface area contributed by atoms with Gasteiger partial charge in [0.05, 0.1) is 16.8 Å². The van der Waals surface area contributed by atoms with Crippen molar-refractivity contribution in [1.82, 2.24) is 0 Å². The molecule has 4 nitrogen and oxygen atoms in total. The standard InChI is InChI=1S/C17H17Br2NO3/c1-3-22-16-7-5-4-6-14(16)20-17(21)11(2)23-15-9-8-12(18)10-13(15)19/h4-11H,3H2,1-2H3,(H,20,21). The molecule has 0 aliphatic heterocycles. The lowest BCUT2D eigenvalue weighted by Crippen LogP contribution is -2.30. The lowest BCUT2D eigenvalue weighted by Gasteiger charge is -2.17. The van der Waals surface area contributed by atoms with Crippen molar-refractivity contribution in [1.29, 1.82) is 0 Å². The van der Waals surface area contributed by atoms with Crippen LogP contribution in [0.5, 0.6) is 11.5 Å². The molecular weight excluding hydrogens is 426 g/mol. The minimum Gasteiger partial charge on any atom is -0.492 e. The molecule has 2 rings (SSSR count). The molecular formula is C17H17Br2NO3. The molecule has 1 atom stereocenters. The number of halogens is 2. The Morgan fingerprint density at radius 1 is 1.17 bits per heavy atom. The maximum atomic E-state index is 12.3. The van der Waals surface area contributed by atoms with Crippen molar-refractivity contribution in [2.24, 2.45) is 0 Å². The van der Waals surface area contributed by atoms with E-state index >= 15 is 0 Å². The summed E-state index contributed by atoms with van der Waals surface area (Å²) >= 11 is 6.80. The second-order valence-electron chi connectivity index (χ2n) is 4.75. The largest absolute Gasteiger partial charge is 0.492 e. The number of ether oxygens (including phenoxy) is 2. The molecule has 0 radical (unpaired) electrons. The van der Waals surface area contributed by atoms with Crippen molar-refractivity contribution in [3.63, 3.8) is 0 Å². The molecule has 23 heavy (non-hydrogen) atoms. The fraction of sp³-hybridized carbons (Fsp3) is 0.235. The van der Waals surface area contributed by atoms with Crippen LogP contribution in [0.3, 0.4) is 0 Å². The van der Waals surface area contributed by atoms with Gasteiger partial charge in [0, 0.05) is 4.47 Å². The Labute approximate surface area is 152 Å². The molecule has 0 heterocycles. The Morgan fingerprint density at radius 3 is 2.61 bits per heavy atom. The smallest absolute Gasteiger partial charge is 0.265 e. The summed E-state index contributed by atoms with van der Waals surface area (Å²) in [7, 11) is 0. The molecule has 0 saturated carbocycles. The van der Waals surface area contributed by atoms with E-state index in [1.807, 2.05) is 37.3 Å². The third-order valence-corrected chi connectivity index (χ3v) is 4.12. The summed E-state index contributed by atoms with van der Waals surface area (Å²) < 4.78 is 12.9. The number of rotatable bonds is 6. The van der Waals surface area contributed by atoms with E-state index in [1.165, 1.54) is 0 Å². The summed E-state index contributed by atoms with van der Waals surface area (Å²) in [5.74, 6) is 1.00. The van der Waals surface area contributed by atoms with E-state index in [-0.39, 0.29) is 5.91 Å². The predicted octanol–water partition coefficient (Wildman–Crippen LogP) is 5.02. The van der Waals surface area contributed by atoms with Crippen LogP contribution in [0.2, 0.25) is 0 Å². The number of anilines is 1. The monoisotopic (exact) mass is 441 g/mol. The zero-order chi connectivity index (χ0) is 16.8. The Hall–Kier alpha value is -1.53. The van der Waals surface area contributed by atoms with Gasteiger partial charge >= 0.3 is 0 Å². The molecule has 0 saturated heterocycles. The van der Waals surface area contributed by atoms with Gasteiger partial charge in [-0.15, -0.1) is 0 Å². The van der Waals surface area contributed by atoms with E-state index in [9.17, 15) is 4.79 Å². The fourth-order valence-corrected chi connectivity index (χ4v) is 3.04. The van der Waals surface area contributed by atoms with Crippen LogP contribution >= 0.6 is 31.9 Å². The highest BCUT2D eigenvalue weighted by molar-refractivity contribution is 9.11. The summed E-state index contributed by atoms with van der Waals surface area (Å²) in [5.41, 5.74) is 0.629. The van der Waals surface area contributed by atoms with Gasteiger partial charge in [-0.25, -0.2) is 0 Å². The number of para-hydroxylation sites is 2. The van der Waals surface area contributed by atoms with Crippen LogP contribution in [0.4, 0.5) is 5.69 Å². The average molecular weight is 443 g/mol. The predicted molar refractivity (Wildman–Crippen MR) is 98.2 cm³/mol. The topological polar surface area (TPSA) is 47.6 Å². The zero-order valence-corrected chi connectivity index (χ0v) is 16.0. The van der Waals surface area contributed by atoms with Crippen LogP contribution in [0.1, 0.15) is 13.8 Å². The molecule has 122 valence electrons. The number of hydrogen-bond donors (Lipinski definition) is 1. The number of carbonyl (C=O) groups is 1. The first-order valence-electron chi connectivity index (χ1n) is 7.15. The second kappa shape index (κ2) is 8.36. The maximum absolute atomic E-state index is 12.3. The van der Waals surface area contributed by atoms with Gasteiger partial charge in [-0.3, -0.25) is 4.79 Å². The van der Waals surface area contributed by atoms with E-state index in [0.717, 1.165) is 8.95 Å². The minimum atomic E-state index is -0.651. The van der Waals surface area contributed by atoms with Gasteiger partial charge in [0.25, 0.3) is 5.91 Å². The molecule has 0 fully saturated rings. The van der Waals surface area contributed by atoms with E-state index in [1.54, 1.807) is 19.1 Å². The van der Waals surface area contributed by atoms with Gasteiger partial charge in [-0.1, -0.05) is 28.1 Å². The lowest BCUT2D eigenvalue weighted by molar-refractivity contribution is -0.122. The molecule has 2 aromatic rings. The molecule has 1 unspecified atom stereocenters. The molecule has 0 aliphatic rings. The Morgan fingerprint density at radius 2 is 1.91 bits per heavy atom. The third-order valence-electron chi connectivity index (χ3n) is 3.01. The lowest BCUT2D eigenvalue weighted by atomic mass is 10.2. The van der Waals surface area contributed by atoms with Crippen LogP contribution < -0.4 is 14.8 Å². The van der Waals surface area contributed by atoms with Gasteiger partial charge in [0.2, 0.25) is 0 Å². The first-order chi connectivity index (χ1) is 11.0. The summed E-state index contributed by atoms with van der Waals surface area (Å²) in [4.78, 5) is 12.3. The molecule has 2 aromatic carbocycles. The molecule has 6 heteroatoms. The van der Waals surface area contributed by atoms with Gasteiger partial charge in [-0.05, 0) is 60.1 Å². The first kappa shape index (κ1) is 17.8. The van der Waals surface area contributed by atoms with Crippen LogP contribution in [0, 0.1) is 0 Å². The molecule has 0 aromatic heterocycles. The number of carbonyl (C=O) groups excluding carboxylic acids is 1. The van der Waals surface area contributed by atoms with Crippen LogP contribution in [-0.4, -0.2) is 18.6 Å². The SMILES string of the molecule is CCOc1ccccc1NC(=O)C(C)Oc1ccc(Br)cc1Br. The van der Waals surface area contributed by atoms with Crippen molar-refractivity contribution >= 4 is 43.5 Å². The van der Waals surface area contributed by atoms with Crippen molar-refractivity contribution in [2.45, 2.75) is 20.0 Å². The molecule has 0 aliphatic carbocycles. The summed E-state index contributed by atoms with van der Waals surface area (Å²) in [6.07, 6.45) is -0.651. The Bertz CT molecular complexity index is 691. The normalized spacial score (nSPS) is 11.7. The van der Waals surface area contributed by atoms with Crippen molar-refractivity contribution in [3.05, 3.63) is 51.4 Å². The summed E-state index contributed by atoms with van der Waals surface area (Å²) in [6, 6.07) is 12.8. The van der Waals surface area contributed by atoms with E-state index < -0.39 is 6.10 Å². The van der Waals surface area contributed by atoms with Gasteiger partial charge in [0.15, 0.2) is 6.10 Å². The first-order valence-corrected chi connectivity index (χ1v) is 8.74. The minimum absolute atomic E-state index is 0.244. The van der Waals surface area contributed by atoms with Crippen molar-refractivity contribution in [2.75, 3.05) is 11.9 Å². The Kier molecular flexibility index (Phi) is 6.47. The molecule has 1 N–H and O–H groups in total. The highest BCUT2D eigenvalue weighted by Crippen LogP contribution is 2.29. The fourth-order valence-electron chi connectivity index (χ4n) is 1.90. The van der Waals surface area contributed by atoms with Crippen LogP contribution in [-0.2, 0) is 4.79 Å². The van der Waals surface area contributed by atoms with Crippen LogP contribution in [0.15, 0.2) is 51.4 Å². The molecule has 0 bridgehead atoms. The third kappa shape index (κ3) is 4.97. The number of amides is 1. The van der Waals surface area contributed by atoms with Gasteiger partial charge < -0.3 is 14.8 Å². The quantitative estimate of drug-likeness (QED) is 0.683. The molecule has 1 amide bonds.